The molecule has 0 bridgehead atoms. The number of benzene rings is 1. The summed E-state index contributed by atoms with van der Waals surface area (Å²) >= 11 is 0. The minimum atomic E-state index is -1.05. The van der Waals surface area contributed by atoms with Crippen molar-refractivity contribution in [3.8, 4) is 17.2 Å². The van der Waals surface area contributed by atoms with Gasteiger partial charge in [0.05, 0.1) is 5.56 Å². The van der Waals surface area contributed by atoms with E-state index in [0.717, 1.165) is 0 Å². The van der Waals surface area contributed by atoms with Crippen LogP contribution in [0.2, 0.25) is 0 Å². The van der Waals surface area contributed by atoms with Crippen molar-refractivity contribution >= 4 is 5.97 Å². The fraction of sp³-hybridized carbons (Fsp3) is 0.632. The van der Waals surface area contributed by atoms with Gasteiger partial charge in [-0.1, -0.05) is 0 Å². The van der Waals surface area contributed by atoms with Crippen LogP contribution in [0.5, 0.6) is 17.2 Å². The molecule has 5 nitrogen and oxygen atoms in total. The summed E-state index contributed by atoms with van der Waals surface area (Å²) < 4.78 is 18.0. The standard InChI is InChI=1S/C19H30O5/c1-17(2,3)22-13-10-12(16(20)21)11-14(23-18(4,5)6)15(13)24-19(7,8)9/h10-11H,1-9H3,(H,20,21). The first-order valence-electron chi connectivity index (χ1n) is 8.06. The second kappa shape index (κ2) is 6.54. The van der Waals surface area contributed by atoms with Crippen LogP contribution in [0.3, 0.4) is 0 Å². The Kier molecular flexibility index (Phi) is 5.48. The highest BCUT2D eigenvalue weighted by molar-refractivity contribution is 5.89. The zero-order valence-corrected chi connectivity index (χ0v) is 16.2. The van der Waals surface area contributed by atoms with Crippen molar-refractivity contribution in [3.05, 3.63) is 17.7 Å². The van der Waals surface area contributed by atoms with Crippen LogP contribution in [-0.4, -0.2) is 27.9 Å². The average molecular weight is 338 g/mol. The summed E-state index contributed by atoms with van der Waals surface area (Å²) in [7, 11) is 0. The Morgan fingerprint density at radius 1 is 0.750 bits per heavy atom. The van der Waals surface area contributed by atoms with E-state index in [4.69, 9.17) is 14.2 Å². The summed E-state index contributed by atoms with van der Waals surface area (Å²) in [4.78, 5) is 11.5. The second-order valence-corrected chi connectivity index (χ2v) is 8.75. The molecule has 24 heavy (non-hydrogen) atoms. The molecular weight excluding hydrogens is 308 g/mol. The highest BCUT2D eigenvalue weighted by Gasteiger charge is 2.27. The largest absolute Gasteiger partial charge is 0.484 e. The molecule has 0 radical (unpaired) electrons. The first kappa shape index (κ1) is 20.1. The Balaban J connectivity index is 3.58. The predicted octanol–water partition coefficient (Wildman–Crippen LogP) is 4.92. The van der Waals surface area contributed by atoms with E-state index in [1.165, 1.54) is 12.1 Å². The van der Waals surface area contributed by atoms with Gasteiger partial charge in [0.1, 0.15) is 16.8 Å². The molecular formula is C19H30O5. The molecule has 0 aromatic heterocycles. The van der Waals surface area contributed by atoms with E-state index in [2.05, 4.69) is 0 Å². The third-order valence-electron chi connectivity index (χ3n) is 2.51. The number of carboxylic acid groups (broad SMARTS) is 1. The van der Waals surface area contributed by atoms with E-state index in [1.54, 1.807) is 0 Å². The smallest absolute Gasteiger partial charge is 0.335 e. The van der Waals surface area contributed by atoms with Gasteiger partial charge in [-0.2, -0.15) is 0 Å². The van der Waals surface area contributed by atoms with Crippen molar-refractivity contribution in [2.75, 3.05) is 0 Å². The fourth-order valence-corrected chi connectivity index (χ4v) is 1.92. The lowest BCUT2D eigenvalue weighted by atomic mass is 10.1. The van der Waals surface area contributed by atoms with E-state index in [-0.39, 0.29) is 5.56 Å². The minimum absolute atomic E-state index is 0.0924. The average Bonchev–Trinajstić information content (AvgIpc) is 2.27. The molecule has 5 heteroatoms. The molecule has 136 valence electrons. The molecule has 0 atom stereocenters. The molecule has 0 aliphatic heterocycles. The third-order valence-corrected chi connectivity index (χ3v) is 2.51. The Bertz CT molecular complexity index is 561. The van der Waals surface area contributed by atoms with Crippen LogP contribution in [0, 0.1) is 0 Å². The van der Waals surface area contributed by atoms with E-state index in [0.29, 0.717) is 17.2 Å². The summed E-state index contributed by atoms with van der Waals surface area (Å²) in [5, 5.41) is 9.40. The molecule has 0 aliphatic carbocycles. The summed E-state index contributed by atoms with van der Waals surface area (Å²) in [6, 6.07) is 2.95. The van der Waals surface area contributed by atoms with Crippen LogP contribution >= 0.6 is 0 Å². The zero-order valence-electron chi connectivity index (χ0n) is 16.2. The molecule has 0 aliphatic rings. The van der Waals surface area contributed by atoms with Gasteiger partial charge < -0.3 is 19.3 Å². The summed E-state index contributed by atoms with van der Waals surface area (Å²) in [5.41, 5.74) is -1.41. The molecule has 1 N–H and O–H groups in total. The Labute approximate surface area is 144 Å². The maximum Gasteiger partial charge on any atom is 0.335 e. The molecule has 1 aromatic rings. The maximum atomic E-state index is 11.5. The molecule has 0 saturated carbocycles. The first-order valence-corrected chi connectivity index (χ1v) is 8.06. The number of rotatable bonds is 4. The monoisotopic (exact) mass is 338 g/mol. The van der Waals surface area contributed by atoms with Gasteiger partial charge >= 0.3 is 5.97 Å². The van der Waals surface area contributed by atoms with Gasteiger partial charge in [-0.15, -0.1) is 0 Å². The molecule has 0 saturated heterocycles. The highest BCUT2D eigenvalue weighted by atomic mass is 16.6. The van der Waals surface area contributed by atoms with E-state index >= 15 is 0 Å². The van der Waals surface area contributed by atoms with Gasteiger partial charge in [0, 0.05) is 0 Å². The van der Waals surface area contributed by atoms with Crippen molar-refractivity contribution in [2.24, 2.45) is 0 Å². The molecule has 0 unspecified atom stereocenters. The van der Waals surface area contributed by atoms with Crippen LogP contribution in [0.25, 0.3) is 0 Å². The van der Waals surface area contributed by atoms with Crippen molar-refractivity contribution in [3.63, 3.8) is 0 Å². The fourth-order valence-electron chi connectivity index (χ4n) is 1.92. The molecule has 0 amide bonds. The number of hydrogen-bond donors (Lipinski definition) is 1. The molecule has 0 fully saturated rings. The maximum absolute atomic E-state index is 11.5. The quantitative estimate of drug-likeness (QED) is 0.844. The Morgan fingerprint density at radius 3 is 1.33 bits per heavy atom. The van der Waals surface area contributed by atoms with Crippen LogP contribution in [0.4, 0.5) is 0 Å². The first-order chi connectivity index (χ1) is 10.6. The second-order valence-electron chi connectivity index (χ2n) is 8.75. The SMILES string of the molecule is CC(C)(C)Oc1cc(C(=O)O)cc(OC(C)(C)C)c1OC(C)(C)C. The highest BCUT2D eigenvalue weighted by Crippen LogP contribution is 2.43. The molecule has 1 rings (SSSR count). The minimum Gasteiger partial charge on any atom is -0.484 e. The lowest BCUT2D eigenvalue weighted by molar-refractivity contribution is 0.0677. The molecule has 0 heterocycles. The number of hydrogen-bond acceptors (Lipinski definition) is 4. The van der Waals surface area contributed by atoms with Crippen molar-refractivity contribution < 1.29 is 24.1 Å². The molecule has 0 spiro atoms. The van der Waals surface area contributed by atoms with Crippen molar-refractivity contribution in [1.82, 2.24) is 0 Å². The van der Waals surface area contributed by atoms with Crippen molar-refractivity contribution in [1.29, 1.82) is 0 Å². The van der Waals surface area contributed by atoms with E-state index in [1.807, 2.05) is 62.3 Å². The van der Waals surface area contributed by atoms with Crippen LogP contribution in [0.15, 0.2) is 12.1 Å². The normalized spacial score (nSPS) is 12.7. The van der Waals surface area contributed by atoms with Gasteiger partial charge in [0.25, 0.3) is 0 Å². The Hall–Kier alpha value is -1.91. The van der Waals surface area contributed by atoms with Crippen LogP contribution in [0.1, 0.15) is 72.7 Å². The number of aromatic carboxylic acids is 1. The summed E-state index contributed by atoms with van der Waals surface area (Å²) in [5.74, 6) is 0.0836. The van der Waals surface area contributed by atoms with Gasteiger partial charge in [-0.25, -0.2) is 4.79 Å². The molecule has 1 aromatic carbocycles. The summed E-state index contributed by atoms with van der Waals surface area (Å²) in [6.45, 7) is 17.1. The number of carbonyl (C=O) groups is 1. The van der Waals surface area contributed by atoms with E-state index < -0.39 is 22.8 Å². The zero-order chi connectivity index (χ0) is 18.9. The third kappa shape index (κ3) is 6.69. The van der Waals surface area contributed by atoms with Gasteiger partial charge in [-0.05, 0) is 74.4 Å². The van der Waals surface area contributed by atoms with E-state index in [9.17, 15) is 9.90 Å². The number of carboxylic acids is 1. The van der Waals surface area contributed by atoms with Gasteiger partial charge in [0.15, 0.2) is 11.5 Å². The lowest BCUT2D eigenvalue weighted by Crippen LogP contribution is -2.29. The van der Waals surface area contributed by atoms with Crippen LogP contribution in [-0.2, 0) is 0 Å². The van der Waals surface area contributed by atoms with Crippen molar-refractivity contribution in [2.45, 2.75) is 79.1 Å². The lowest BCUT2D eigenvalue weighted by Gasteiger charge is -2.30. The topological polar surface area (TPSA) is 65.0 Å². The van der Waals surface area contributed by atoms with Crippen LogP contribution < -0.4 is 14.2 Å². The Morgan fingerprint density at radius 2 is 1.08 bits per heavy atom. The summed E-state index contributed by atoms with van der Waals surface area (Å²) in [6.07, 6.45) is 0. The van der Waals surface area contributed by atoms with Gasteiger partial charge in [0.2, 0.25) is 5.75 Å². The predicted molar refractivity (Wildman–Crippen MR) is 94.5 cm³/mol. The van der Waals surface area contributed by atoms with Gasteiger partial charge in [-0.3, -0.25) is 0 Å². The number of ether oxygens (including phenoxy) is 3.